The van der Waals surface area contributed by atoms with Crippen LogP contribution in [0.1, 0.15) is 22.8 Å². The van der Waals surface area contributed by atoms with E-state index in [0.717, 1.165) is 10.1 Å². The third kappa shape index (κ3) is 4.08. The maximum Gasteiger partial charge on any atom is 0.339 e. The molecule has 0 saturated carbocycles. The molecule has 0 N–H and O–H groups in total. The average molecular weight is 460 g/mol. The maximum atomic E-state index is 13.1. The van der Waals surface area contributed by atoms with E-state index in [-0.39, 0.29) is 41.1 Å². The van der Waals surface area contributed by atoms with E-state index in [0.29, 0.717) is 5.56 Å². The van der Waals surface area contributed by atoms with Crippen molar-refractivity contribution in [3.8, 4) is 11.3 Å². The van der Waals surface area contributed by atoms with E-state index < -0.39 is 22.1 Å². The van der Waals surface area contributed by atoms with E-state index in [1.54, 1.807) is 13.0 Å². The minimum Gasteiger partial charge on any atom is -0.462 e. The third-order valence-electron chi connectivity index (χ3n) is 5.32. The number of hydrogen-bond acceptors (Lipinski definition) is 7. The van der Waals surface area contributed by atoms with Gasteiger partial charge in [0.25, 0.3) is 11.2 Å². The van der Waals surface area contributed by atoms with E-state index >= 15 is 0 Å². The number of esters is 1. The van der Waals surface area contributed by atoms with Crippen LogP contribution < -0.4 is 11.2 Å². The lowest BCUT2D eigenvalue weighted by Crippen LogP contribution is -2.39. The number of hydrogen-bond donors (Lipinski definition) is 0. The second-order valence-corrected chi connectivity index (χ2v) is 7.50. The Balaban J connectivity index is 2.09. The lowest BCUT2D eigenvalue weighted by Gasteiger charge is -2.15. The van der Waals surface area contributed by atoms with Crippen molar-refractivity contribution in [1.82, 2.24) is 14.1 Å². The number of nitro groups is 1. The molecule has 0 saturated heterocycles. The van der Waals surface area contributed by atoms with Gasteiger partial charge in [-0.1, -0.05) is 42.5 Å². The van der Waals surface area contributed by atoms with E-state index in [1.807, 2.05) is 30.3 Å². The fourth-order valence-electron chi connectivity index (χ4n) is 3.67. The number of aromatic nitrogens is 3. The van der Waals surface area contributed by atoms with Crippen molar-refractivity contribution in [2.45, 2.75) is 13.5 Å². The third-order valence-corrected chi connectivity index (χ3v) is 5.32. The molecule has 10 nitrogen and oxygen atoms in total. The topological polar surface area (TPSA) is 126 Å². The quantitative estimate of drug-likeness (QED) is 0.246. The van der Waals surface area contributed by atoms with Gasteiger partial charge in [0.15, 0.2) is 5.65 Å². The van der Waals surface area contributed by atoms with Crippen molar-refractivity contribution in [2.75, 3.05) is 6.61 Å². The van der Waals surface area contributed by atoms with Crippen LogP contribution in [0.25, 0.3) is 22.3 Å². The van der Waals surface area contributed by atoms with E-state index in [1.165, 1.54) is 35.9 Å². The Labute approximate surface area is 192 Å². The van der Waals surface area contributed by atoms with Gasteiger partial charge in [-0.15, -0.1) is 0 Å². The summed E-state index contributed by atoms with van der Waals surface area (Å²) in [4.78, 5) is 54.3. The van der Waals surface area contributed by atoms with Gasteiger partial charge in [-0.05, 0) is 18.6 Å². The number of fused-ring (bicyclic) bond motifs is 1. The summed E-state index contributed by atoms with van der Waals surface area (Å²) >= 11 is 0. The molecule has 10 heteroatoms. The van der Waals surface area contributed by atoms with Gasteiger partial charge in [-0.2, -0.15) is 0 Å². The maximum absolute atomic E-state index is 13.1. The Morgan fingerprint density at radius 2 is 1.82 bits per heavy atom. The van der Waals surface area contributed by atoms with Gasteiger partial charge in [0.1, 0.15) is 0 Å². The first-order chi connectivity index (χ1) is 16.3. The second-order valence-electron chi connectivity index (χ2n) is 7.50. The fraction of sp³-hybridized carbons (Fsp3) is 0.167. The van der Waals surface area contributed by atoms with Gasteiger partial charge in [0, 0.05) is 24.7 Å². The van der Waals surface area contributed by atoms with Crippen LogP contribution >= 0.6 is 0 Å². The molecular weight excluding hydrogens is 440 g/mol. The molecule has 0 unspecified atom stereocenters. The smallest absolute Gasteiger partial charge is 0.339 e. The number of nitro benzene ring substituents is 1. The Kier molecular flexibility index (Phi) is 6.05. The van der Waals surface area contributed by atoms with Crippen LogP contribution in [-0.2, 0) is 18.3 Å². The number of carbonyl (C=O) groups excluding carboxylic acids is 1. The molecule has 0 aliphatic heterocycles. The van der Waals surface area contributed by atoms with E-state index in [4.69, 9.17) is 4.74 Å². The predicted molar refractivity (Wildman–Crippen MR) is 125 cm³/mol. The van der Waals surface area contributed by atoms with Gasteiger partial charge < -0.3 is 4.74 Å². The highest BCUT2D eigenvalue weighted by Gasteiger charge is 2.23. The summed E-state index contributed by atoms with van der Waals surface area (Å²) in [7, 11) is 1.33. The summed E-state index contributed by atoms with van der Waals surface area (Å²) < 4.78 is 7.38. The van der Waals surface area contributed by atoms with Gasteiger partial charge >= 0.3 is 11.7 Å². The van der Waals surface area contributed by atoms with Gasteiger partial charge in [0.2, 0.25) is 0 Å². The number of pyridine rings is 1. The number of ether oxygens (including phenoxy) is 1. The Morgan fingerprint density at radius 3 is 2.50 bits per heavy atom. The highest BCUT2D eigenvalue weighted by Crippen LogP contribution is 2.26. The fourth-order valence-corrected chi connectivity index (χ4v) is 3.67. The highest BCUT2D eigenvalue weighted by molar-refractivity contribution is 6.03. The minimum absolute atomic E-state index is 0.0102. The van der Waals surface area contributed by atoms with Crippen molar-refractivity contribution < 1.29 is 14.5 Å². The number of nitrogens with zero attached hydrogens (tertiary/aromatic N) is 4. The van der Waals surface area contributed by atoms with Crippen LogP contribution in [0.15, 0.2) is 70.3 Å². The monoisotopic (exact) mass is 460 g/mol. The summed E-state index contributed by atoms with van der Waals surface area (Å²) in [6.45, 7) is 1.79. The number of carbonyl (C=O) groups is 1. The average Bonchev–Trinajstić information content (AvgIpc) is 2.85. The van der Waals surface area contributed by atoms with Gasteiger partial charge in [0.05, 0.1) is 34.7 Å². The molecule has 172 valence electrons. The van der Waals surface area contributed by atoms with Crippen LogP contribution in [0.5, 0.6) is 0 Å². The van der Waals surface area contributed by atoms with E-state index in [2.05, 4.69) is 4.98 Å². The molecule has 0 aliphatic rings. The molecule has 0 radical (unpaired) electrons. The molecule has 0 spiro atoms. The standard InChI is InChI=1S/C24H20N4O6/c1-3-34-23(30)18-13-19(16-10-7-11-17(12-16)28(32)33)25-21-20(18)22(29)26(2)24(31)27(21)14-15-8-5-4-6-9-15/h4-13H,3,14H2,1-2H3. The molecule has 2 aromatic heterocycles. The molecule has 2 aromatic carbocycles. The first kappa shape index (κ1) is 22.6. The zero-order chi connectivity index (χ0) is 24.4. The summed E-state index contributed by atoms with van der Waals surface area (Å²) in [5.41, 5.74) is -0.229. The minimum atomic E-state index is -0.761. The van der Waals surface area contributed by atoms with Crippen molar-refractivity contribution in [3.05, 3.63) is 103 Å². The van der Waals surface area contributed by atoms with Crippen molar-refractivity contribution in [2.24, 2.45) is 7.05 Å². The zero-order valence-corrected chi connectivity index (χ0v) is 18.4. The van der Waals surface area contributed by atoms with Gasteiger partial charge in [-0.25, -0.2) is 14.6 Å². The first-order valence-electron chi connectivity index (χ1n) is 10.4. The Hall–Kier alpha value is -4.60. The number of non-ortho nitro benzene ring substituents is 1. The Bertz CT molecular complexity index is 1540. The van der Waals surface area contributed by atoms with Crippen molar-refractivity contribution in [1.29, 1.82) is 0 Å². The molecule has 2 heterocycles. The molecule has 0 fully saturated rings. The van der Waals surface area contributed by atoms with Crippen LogP contribution in [0, 0.1) is 10.1 Å². The van der Waals surface area contributed by atoms with Crippen molar-refractivity contribution >= 4 is 22.7 Å². The molecule has 0 atom stereocenters. The van der Waals surface area contributed by atoms with Crippen molar-refractivity contribution in [3.63, 3.8) is 0 Å². The van der Waals surface area contributed by atoms with Crippen LogP contribution in [0.3, 0.4) is 0 Å². The predicted octanol–water partition coefficient (Wildman–Crippen LogP) is 2.90. The summed E-state index contributed by atoms with van der Waals surface area (Å²) in [5.74, 6) is -0.761. The summed E-state index contributed by atoms with van der Waals surface area (Å²) in [5, 5.41) is 11.2. The van der Waals surface area contributed by atoms with Crippen LogP contribution in [0.2, 0.25) is 0 Å². The SMILES string of the molecule is CCOC(=O)c1cc(-c2cccc([N+](=O)[O-])c2)nc2c1c(=O)n(C)c(=O)n2Cc1ccccc1. The lowest BCUT2D eigenvalue weighted by molar-refractivity contribution is -0.384. The molecular formula is C24H20N4O6. The summed E-state index contributed by atoms with van der Waals surface area (Å²) in [6, 6.07) is 16.2. The first-order valence-corrected chi connectivity index (χ1v) is 10.4. The van der Waals surface area contributed by atoms with Crippen LogP contribution in [0.4, 0.5) is 5.69 Å². The molecule has 34 heavy (non-hydrogen) atoms. The molecule has 0 aliphatic carbocycles. The number of benzene rings is 2. The molecule has 4 rings (SSSR count). The Morgan fingerprint density at radius 1 is 1.09 bits per heavy atom. The molecule has 0 amide bonds. The second kappa shape index (κ2) is 9.10. The van der Waals surface area contributed by atoms with E-state index in [9.17, 15) is 24.5 Å². The highest BCUT2D eigenvalue weighted by atomic mass is 16.6. The normalized spacial score (nSPS) is 10.9. The lowest BCUT2D eigenvalue weighted by atomic mass is 10.1. The van der Waals surface area contributed by atoms with Gasteiger partial charge in [-0.3, -0.25) is 24.0 Å². The molecule has 0 bridgehead atoms. The largest absolute Gasteiger partial charge is 0.462 e. The molecule has 4 aromatic rings. The zero-order valence-electron chi connectivity index (χ0n) is 18.4. The summed E-state index contributed by atoms with van der Waals surface area (Å²) in [6.07, 6.45) is 0. The van der Waals surface area contributed by atoms with Crippen LogP contribution in [-0.4, -0.2) is 31.6 Å². The number of rotatable bonds is 6.